The van der Waals surface area contributed by atoms with Crippen molar-refractivity contribution in [2.45, 2.75) is 65.8 Å². The van der Waals surface area contributed by atoms with Gasteiger partial charge in [0.1, 0.15) is 5.54 Å². The van der Waals surface area contributed by atoms with Crippen LogP contribution in [0.2, 0.25) is 0 Å². The van der Waals surface area contributed by atoms with Gasteiger partial charge in [-0.1, -0.05) is 34.1 Å². The molecule has 0 aromatic heterocycles. The van der Waals surface area contributed by atoms with Crippen molar-refractivity contribution in [3.63, 3.8) is 0 Å². The third kappa shape index (κ3) is 7.82. The molecule has 2 unspecified atom stereocenters. The minimum atomic E-state index is -0.555. The first-order chi connectivity index (χ1) is 9.93. The molecule has 0 aliphatic rings. The van der Waals surface area contributed by atoms with Gasteiger partial charge in [-0.25, -0.2) is 0 Å². The summed E-state index contributed by atoms with van der Waals surface area (Å²) in [7, 11) is 1.47. The van der Waals surface area contributed by atoms with E-state index < -0.39 is 5.54 Å². The molecule has 0 bridgehead atoms. The van der Waals surface area contributed by atoms with Crippen LogP contribution < -0.4 is 5.32 Å². The van der Waals surface area contributed by atoms with Crippen LogP contribution in [0.1, 0.15) is 60.3 Å². The molecule has 4 nitrogen and oxygen atoms in total. The Morgan fingerprint density at radius 3 is 2.48 bits per heavy atom. The van der Waals surface area contributed by atoms with Gasteiger partial charge in [0.25, 0.3) is 0 Å². The van der Waals surface area contributed by atoms with Crippen LogP contribution >= 0.6 is 0 Å². The Labute approximate surface area is 131 Å². The Hall–Kier alpha value is -0.610. The molecule has 21 heavy (non-hydrogen) atoms. The first-order valence-corrected chi connectivity index (χ1v) is 8.49. The van der Waals surface area contributed by atoms with E-state index in [1.807, 2.05) is 6.92 Å². The van der Waals surface area contributed by atoms with Crippen LogP contribution in [0.25, 0.3) is 0 Å². The second-order valence-electron chi connectivity index (χ2n) is 6.26. The molecule has 0 aromatic carbocycles. The molecule has 0 amide bonds. The quantitative estimate of drug-likeness (QED) is 0.562. The lowest BCUT2D eigenvalue weighted by molar-refractivity contribution is -0.148. The van der Waals surface area contributed by atoms with Crippen molar-refractivity contribution in [3.05, 3.63) is 0 Å². The maximum atomic E-state index is 12.0. The highest BCUT2D eigenvalue weighted by molar-refractivity contribution is 5.80. The fourth-order valence-electron chi connectivity index (χ4n) is 2.49. The normalized spacial score (nSPS) is 15.8. The van der Waals surface area contributed by atoms with Gasteiger partial charge < -0.3 is 15.0 Å². The molecule has 0 fully saturated rings. The van der Waals surface area contributed by atoms with Gasteiger partial charge in [-0.05, 0) is 51.7 Å². The maximum absolute atomic E-state index is 12.0. The predicted octanol–water partition coefficient (Wildman–Crippen LogP) is 3.07. The minimum absolute atomic E-state index is 0.152. The summed E-state index contributed by atoms with van der Waals surface area (Å²) in [4.78, 5) is 14.5. The summed E-state index contributed by atoms with van der Waals surface area (Å²) in [6, 6.07) is 0. The number of hydrogen-bond acceptors (Lipinski definition) is 4. The predicted molar refractivity (Wildman–Crippen MR) is 89.5 cm³/mol. The topological polar surface area (TPSA) is 41.6 Å². The number of hydrogen-bond donors (Lipinski definition) is 1. The number of nitrogens with one attached hydrogen (secondary N) is 1. The molecule has 0 aliphatic carbocycles. The summed E-state index contributed by atoms with van der Waals surface area (Å²) in [5, 5.41) is 3.35. The van der Waals surface area contributed by atoms with Crippen LogP contribution in [0.5, 0.6) is 0 Å². The minimum Gasteiger partial charge on any atom is -0.468 e. The van der Waals surface area contributed by atoms with E-state index in [1.54, 1.807) is 0 Å². The van der Waals surface area contributed by atoms with Crippen molar-refractivity contribution in [3.8, 4) is 0 Å². The van der Waals surface area contributed by atoms with Gasteiger partial charge >= 0.3 is 5.97 Å². The van der Waals surface area contributed by atoms with Crippen LogP contribution in [0, 0.1) is 5.92 Å². The number of carbonyl (C=O) groups excluding carboxylic acids is 1. The number of nitrogens with zero attached hydrogens (tertiary/aromatic N) is 1. The highest BCUT2D eigenvalue weighted by Gasteiger charge is 2.33. The largest absolute Gasteiger partial charge is 0.468 e. The van der Waals surface area contributed by atoms with E-state index >= 15 is 0 Å². The SMILES string of the molecule is CCCNC(C)(CCCN(CC)CC(C)CC)C(=O)OC. The van der Waals surface area contributed by atoms with Crippen LogP contribution in [0.3, 0.4) is 0 Å². The lowest BCUT2D eigenvalue weighted by Gasteiger charge is -2.30. The molecular weight excluding hydrogens is 264 g/mol. The third-order valence-corrected chi connectivity index (χ3v) is 4.27. The summed E-state index contributed by atoms with van der Waals surface area (Å²) in [5.41, 5.74) is -0.555. The summed E-state index contributed by atoms with van der Waals surface area (Å²) in [6.45, 7) is 14.9. The Morgan fingerprint density at radius 1 is 1.33 bits per heavy atom. The molecule has 0 rings (SSSR count). The molecule has 4 heteroatoms. The zero-order valence-electron chi connectivity index (χ0n) is 15.0. The average Bonchev–Trinajstić information content (AvgIpc) is 2.50. The summed E-state index contributed by atoms with van der Waals surface area (Å²) in [6.07, 6.45) is 4.05. The van der Waals surface area contributed by atoms with Gasteiger partial charge in [0, 0.05) is 6.54 Å². The number of ether oxygens (including phenoxy) is 1. The molecule has 2 atom stereocenters. The molecule has 0 spiro atoms. The van der Waals surface area contributed by atoms with E-state index in [0.717, 1.165) is 51.4 Å². The van der Waals surface area contributed by atoms with Crippen molar-refractivity contribution in [1.82, 2.24) is 10.2 Å². The highest BCUT2D eigenvalue weighted by atomic mass is 16.5. The maximum Gasteiger partial charge on any atom is 0.325 e. The Balaban J connectivity index is 4.37. The van der Waals surface area contributed by atoms with Gasteiger partial charge in [-0.15, -0.1) is 0 Å². The summed E-state index contributed by atoms with van der Waals surface area (Å²) < 4.78 is 4.96. The Morgan fingerprint density at radius 2 is 2.00 bits per heavy atom. The van der Waals surface area contributed by atoms with E-state index in [0.29, 0.717) is 0 Å². The smallest absolute Gasteiger partial charge is 0.325 e. The number of rotatable bonds is 12. The Kier molecular flexibility index (Phi) is 10.7. The molecule has 126 valence electrons. The van der Waals surface area contributed by atoms with E-state index in [9.17, 15) is 4.79 Å². The second kappa shape index (κ2) is 11.0. The van der Waals surface area contributed by atoms with Gasteiger partial charge in [0.15, 0.2) is 0 Å². The lowest BCUT2D eigenvalue weighted by atomic mass is 9.95. The fourth-order valence-corrected chi connectivity index (χ4v) is 2.49. The zero-order chi connectivity index (χ0) is 16.3. The van der Waals surface area contributed by atoms with Gasteiger partial charge in [0.05, 0.1) is 7.11 Å². The first kappa shape index (κ1) is 20.4. The second-order valence-corrected chi connectivity index (χ2v) is 6.26. The van der Waals surface area contributed by atoms with Gasteiger partial charge in [-0.2, -0.15) is 0 Å². The Bertz CT molecular complexity index is 284. The third-order valence-electron chi connectivity index (χ3n) is 4.27. The zero-order valence-corrected chi connectivity index (χ0v) is 15.0. The van der Waals surface area contributed by atoms with Crippen LogP contribution in [-0.4, -0.2) is 49.7 Å². The lowest BCUT2D eigenvalue weighted by Crippen LogP contribution is -2.50. The summed E-state index contributed by atoms with van der Waals surface area (Å²) >= 11 is 0. The van der Waals surface area contributed by atoms with E-state index in [4.69, 9.17) is 4.74 Å². The van der Waals surface area contributed by atoms with Crippen molar-refractivity contribution in [1.29, 1.82) is 0 Å². The van der Waals surface area contributed by atoms with Gasteiger partial charge in [-0.3, -0.25) is 4.79 Å². The first-order valence-electron chi connectivity index (χ1n) is 8.49. The van der Waals surface area contributed by atoms with Crippen LogP contribution in [-0.2, 0) is 9.53 Å². The van der Waals surface area contributed by atoms with E-state index in [-0.39, 0.29) is 5.97 Å². The molecule has 0 aromatic rings. The molecule has 0 heterocycles. The summed E-state index contributed by atoms with van der Waals surface area (Å²) in [5.74, 6) is 0.580. The van der Waals surface area contributed by atoms with Crippen LogP contribution in [0.15, 0.2) is 0 Å². The molecule has 0 aliphatic heterocycles. The van der Waals surface area contributed by atoms with Gasteiger partial charge in [0.2, 0.25) is 0 Å². The monoisotopic (exact) mass is 300 g/mol. The molecule has 0 saturated carbocycles. The van der Waals surface area contributed by atoms with Crippen molar-refractivity contribution in [2.24, 2.45) is 5.92 Å². The number of methoxy groups -OCH3 is 1. The fraction of sp³-hybridized carbons (Fsp3) is 0.941. The molecular formula is C17H36N2O2. The van der Waals surface area contributed by atoms with Crippen LogP contribution in [0.4, 0.5) is 0 Å². The average molecular weight is 300 g/mol. The van der Waals surface area contributed by atoms with Crippen molar-refractivity contribution < 1.29 is 9.53 Å². The van der Waals surface area contributed by atoms with E-state index in [2.05, 4.69) is 37.9 Å². The highest BCUT2D eigenvalue weighted by Crippen LogP contribution is 2.16. The number of esters is 1. The molecule has 1 N–H and O–H groups in total. The number of carbonyl (C=O) groups is 1. The van der Waals surface area contributed by atoms with Crippen molar-refractivity contribution >= 4 is 5.97 Å². The molecule has 0 radical (unpaired) electrons. The standard InChI is InChI=1S/C17H36N2O2/c1-7-12-18-17(5,16(20)21-6)11-10-13-19(9-3)14-15(4)8-2/h15,18H,7-14H2,1-6H3. The van der Waals surface area contributed by atoms with E-state index in [1.165, 1.54) is 13.5 Å². The molecule has 0 saturated heterocycles. The van der Waals surface area contributed by atoms with Crippen molar-refractivity contribution in [2.75, 3.05) is 33.3 Å².